The zero-order chi connectivity index (χ0) is 17.8. The fraction of sp³-hybridized carbons (Fsp3) is 0.467. The second-order valence-electron chi connectivity index (χ2n) is 6.27. The van der Waals surface area contributed by atoms with Crippen molar-refractivity contribution in [3.05, 3.63) is 23.8 Å². The van der Waals surface area contributed by atoms with E-state index in [9.17, 15) is 13.2 Å². The number of ether oxygens (including phenoxy) is 1. The minimum absolute atomic E-state index is 0.0316. The van der Waals surface area contributed by atoms with E-state index in [1.54, 1.807) is 53.9 Å². The van der Waals surface area contributed by atoms with Crippen LogP contribution in [0.5, 0.6) is 0 Å². The van der Waals surface area contributed by atoms with Crippen LogP contribution in [-0.2, 0) is 14.8 Å². The number of nitrogens with zero attached hydrogens (tertiary/aromatic N) is 2. The van der Waals surface area contributed by atoms with Gasteiger partial charge in [0.2, 0.25) is 0 Å². The molecule has 0 bridgehead atoms. The first-order chi connectivity index (χ1) is 10.4. The monoisotopic (exact) mass is 341 g/mol. The van der Waals surface area contributed by atoms with Gasteiger partial charge in [0.25, 0.3) is 10.0 Å². The average Bonchev–Trinajstić information content (AvgIpc) is 2.36. The van der Waals surface area contributed by atoms with Gasteiger partial charge >= 0.3 is 6.09 Å². The van der Waals surface area contributed by atoms with Crippen LogP contribution in [0.15, 0.2) is 27.5 Å². The summed E-state index contributed by atoms with van der Waals surface area (Å²) in [6, 6.07) is 4.57. The predicted octanol–water partition coefficient (Wildman–Crippen LogP) is 2.62. The van der Waals surface area contributed by atoms with Crippen LogP contribution in [0.2, 0.25) is 0 Å². The number of amides is 1. The number of benzene rings is 1. The Morgan fingerprint density at radius 2 is 1.91 bits per heavy atom. The van der Waals surface area contributed by atoms with Crippen molar-refractivity contribution < 1.29 is 17.9 Å². The number of hydrogen-bond acceptors (Lipinski definition) is 4. The molecule has 0 heterocycles. The maximum Gasteiger partial charge on any atom is 0.412 e. The van der Waals surface area contributed by atoms with Gasteiger partial charge in [-0.25, -0.2) is 4.79 Å². The average molecular weight is 341 g/mol. The van der Waals surface area contributed by atoms with Crippen LogP contribution in [0.25, 0.3) is 0 Å². The first kappa shape index (κ1) is 19.0. The number of carbonyl (C=O) groups excluding carboxylic acids is 1. The smallest absolute Gasteiger partial charge is 0.412 e. The Morgan fingerprint density at radius 3 is 2.43 bits per heavy atom. The standard InChI is InChI=1S/C15H23N3O4S/c1-11-7-8-12(17-14(19)22-15(2,3)4)9-13(11)23(20,21)16-10-18(5)6/h7-10H,1-6H3,(H,17,19). The van der Waals surface area contributed by atoms with Gasteiger partial charge in [-0.2, -0.15) is 8.42 Å². The summed E-state index contributed by atoms with van der Waals surface area (Å²) in [6.07, 6.45) is 0.560. The first-order valence-corrected chi connectivity index (χ1v) is 8.42. The van der Waals surface area contributed by atoms with Crippen molar-refractivity contribution in [2.45, 2.75) is 38.2 Å². The summed E-state index contributed by atoms with van der Waals surface area (Å²) < 4.78 is 33.2. The fourth-order valence-corrected chi connectivity index (χ4v) is 2.77. The maximum absolute atomic E-state index is 12.3. The molecule has 0 saturated heterocycles. The fourth-order valence-electron chi connectivity index (χ4n) is 1.59. The molecule has 23 heavy (non-hydrogen) atoms. The number of rotatable bonds is 4. The molecule has 128 valence electrons. The summed E-state index contributed by atoms with van der Waals surface area (Å²) in [6.45, 7) is 6.89. The van der Waals surface area contributed by atoms with Crippen molar-refractivity contribution in [1.29, 1.82) is 0 Å². The molecule has 0 fully saturated rings. The zero-order valence-corrected chi connectivity index (χ0v) is 15.1. The summed E-state index contributed by atoms with van der Waals surface area (Å²) >= 11 is 0. The predicted molar refractivity (Wildman–Crippen MR) is 90.4 cm³/mol. The molecule has 1 N–H and O–H groups in total. The molecule has 0 aliphatic heterocycles. The highest BCUT2D eigenvalue weighted by molar-refractivity contribution is 7.90. The number of hydrogen-bond donors (Lipinski definition) is 1. The molecule has 1 aromatic carbocycles. The molecule has 0 radical (unpaired) electrons. The highest BCUT2D eigenvalue weighted by Crippen LogP contribution is 2.22. The van der Waals surface area contributed by atoms with Crippen LogP contribution in [0.3, 0.4) is 0 Å². The summed E-state index contributed by atoms with van der Waals surface area (Å²) in [7, 11) is -0.498. The first-order valence-electron chi connectivity index (χ1n) is 6.98. The molecule has 0 unspecified atom stereocenters. The Hall–Kier alpha value is -2.09. The van der Waals surface area contributed by atoms with Crippen molar-refractivity contribution in [2.24, 2.45) is 4.40 Å². The van der Waals surface area contributed by atoms with E-state index in [0.717, 1.165) is 0 Å². The summed E-state index contributed by atoms with van der Waals surface area (Å²) in [4.78, 5) is 13.3. The van der Waals surface area contributed by atoms with E-state index < -0.39 is 21.7 Å². The molecule has 1 rings (SSSR count). The van der Waals surface area contributed by atoms with Crippen molar-refractivity contribution in [2.75, 3.05) is 19.4 Å². The Morgan fingerprint density at radius 1 is 1.30 bits per heavy atom. The SMILES string of the molecule is Cc1ccc(NC(=O)OC(C)(C)C)cc1S(=O)(=O)N=CN(C)C. The van der Waals surface area contributed by atoms with Gasteiger partial charge < -0.3 is 9.64 Å². The minimum atomic E-state index is -3.84. The third kappa shape index (κ3) is 6.27. The van der Waals surface area contributed by atoms with Crippen LogP contribution >= 0.6 is 0 Å². The third-order valence-electron chi connectivity index (χ3n) is 2.53. The molecule has 0 aromatic heterocycles. The second kappa shape index (κ2) is 6.99. The molecular formula is C15H23N3O4S. The van der Waals surface area contributed by atoms with Gasteiger partial charge in [-0.05, 0) is 45.4 Å². The summed E-state index contributed by atoms with van der Waals surface area (Å²) in [5.74, 6) is 0. The van der Waals surface area contributed by atoms with E-state index in [1.807, 2.05) is 0 Å². The number of carbonyl (C=O) groups is 1. The molecule has 0 spiro atoms. The van der Waals surface area contributed by atoms with Crippen LogP contribution in [-0.4, -0.2) is 45.4 Å². The minimum Gasteiger partial charge on any atom is -0.444 e. The Balaban J connectivity index is 3.07. The van der Waals surface area contributed by atoms with E-state index >= 15 is 0 Å². The third-order valence-corrected chi connectivity index (χ3v) is 3.90. The molecule has 0 aliphatic carbocycles. The lowest BCUT2D eigenvalue weighted by molar-refractivity contribution is 0.0636. The number of sulfonamides is 1. The van der Waals surface area contributed by atoms with Gasteiger partial charge in [0, 0.05) is 19.8 Å². The highest BCUT2D eigenvalue weighted by Gasteiger charge is 2.19. The van der Waals surface area contributed by atoms with Crippen LogP contribution < -0.4 is 5.32 Å². The lowest BCUT2D eigenvalue weighted by Crippen LogP contribution is -2.27. The molecular weight excluding hydrogens is 318 g/mol. The Bertz CT molecular complexity index is 704. The van der Waals surface area contributed by atoms with Gasteiger partial charge in [0.15, 0.2) is 0 Å². The van der Waals surface area contributed by atoms with E-state index in [-0.39, 0.29) is 4.90 Å². The topological polar surface area (TPSA) is 88.1 Å². The molecule has 7 nitrogen and oxygen atoms in total. The van der Waals surface area contributed by atoms with Crippen LogP contribution in [0, 0.1) is 6.92 Å². The van der Waals surface area contributed by atoms with Gasteiger partial charge in [-0.1, -0.05) is 6.07 Å². The molecule has 1 aromatic rings. The van der Waals surface area contributed by atoms with E-state index in [0.29, 0.717) is 11.3 Å². The molecule has 8 heteroatoms. The normalized spacial score (nSPS) is 12.3. The molecule has 1 amide bonds. The summed E-state index contributed by atoms with van der Waals surface area (Å²) in [5.41, 5.74) is 0.221. The number of anilines is 1. The zero-order valence-electron chi connectivity index (χ0n) is 14.2. The quantitative estimate of drug-likeness (QED) is 0.672. The summed E-state index contributed by atoms with van der Waals surface area (Å²) in [5, 5.41) is 2.52. The maximum atomic E-state index is 12.3. The highest BCUT2D eigenvalue weighted by atomic mass is 32.2. The van der Waals surface area contributed by atoms with E-state index in [4.69, 9.17) is 4.74 Å². The molecule has 0 atom stereocenters. The number of nitrogens with one attached hydrogen (secondary N) is 1. The van der Waals surface area contributed by atoms with Crippen LogP contribution in [0.1, 0.15) is 26.3 Å². The largest absolute Gasteiger partial charge is 0.444 e. The van der Waals surface area contributed by atoms with Gasteiger partial charge in [-0.15, -0.1) is 4.40 Å². The van der Waals surface area contributed by atoms with Gasteiger partial charge in [0.1, 0.15) is 11.9 Å². The molecule has 0 saturated carbocycles. The van der Waals surface area contributed by atoms with Gasteiger partial charge in [-0.3, -0.25) is 5.32 Å². The number of aryl methyl sites for hydroxylation is 1. The van der Waals surface area contributed by atoms with Crippen molar-refractivity contribution in [3.8, 4) is 0 Å². The lowest BCUT2D eigenvalue weighted by atomic mass is 10.2. The van der Waals surface area contributed by atoms with Crippen molar-refractivity contribution in [1.82, 2.24) is 4.90 Å². The van der Waals surface area contributed by atoms with Crippen molar-refractivity contribution >= 4 is 28.1 Å². The van der Waals surface area contributed by atoms with Crippen LogP contribution in [0.4, 0.5) is 10.5 Å². The van der Waals surface area contributed by atoms with Gasteiger partial charge in [0.05, 0.1) is 4.90 Å². The van der Waals surface area contributed by atoms with Crippen molar-refractivity contribution in [3.63, 3.8) is 0 Å². The van der Waals surface area contributed by atoms with E-state index in [2.05, 4.69) is 9.71 Å². The molecule has 0 aliphatic rings. The Kier molecular flexibility index (Phi) is 5.76. The second-order valence-corrected chi connectivity index (χ2v) is 7.87. The lowest BCUT2D eigenvalue weighted by Gasteiger charge is -2.19. The Labute approximate surface area is 137 Å². The van der Waals surface area contributed by atoms with E-state index in [1.165, 1.54) is 17.3 Å².